The predicted octanol–water partition coefficient (Wildman–Crippen LogP) is 4.94. The van der Waals surface area contributed by atoms with Crippen LogP contribution in [-0.2, 0) is 12.8 Å². The van der Waals surface area contributed by atoms with Gasteiger partial charge in [0.15, 0.2) is 0 Å². The van der Waals surface area contributed by atoms with E-state index in [0.717, 1.165) is 21.3 Å². The molecule has 7 heteroatoms. The molecule has 3 aromatic rings. The second kappa shape index (κ2) is 6.60. The van der Waals surface area contributed by atoms with Crippen molar-refractivity contribution in [3.63, 3.8) is 0 Å². The highest BCUT2D eigenvalue weighted by atomic mass is 32.1. The van der Waals surface area contributed by atoms with Crippen LogP contribution in [0.2, 0.25) is 0 Å². The minimum Gasteiger partial charge on any atom is -0.489 e. The third-order valence-corrected chi connectivity index (χ3v) is 4.29. The van der Waals surface area contributed by atoms with Gasteiger partial charge in [0.2, 0.25) is 0 Å². The maximum atomic E-state index is 13.0. The number of aromatic nitrogens is 1. The number of hydrogen-bond donors (Lipinski definition) is 0. The molecule has 0 N–H and O–H groups in total. The highest BCUT2D eigenvalue weighted by molar-refractivity contribution is 7.20. The standard InChI is InChI=1S/C17H13F3N2OS/c1-21-9-16-22-14-7-6-12(8-15(14)24-16)23-10-11-4-2-3-5-13(11)17(18,19)20/h2-9H,10H2,1H3. The normalized spacial score (nSPS) is 12.2. The van der Waals surface area contributed by atoms with E-state index in [0.29, 0.717) is 5.75 Å². The Kier molecular flexibility index (Phi) is 4.53. The summed E-state index contributed by atoms with van der Waals surface area (Å²) in [6.07, 6.45) is -2.74. The molecule has 0 bridgehead atoms. The van der Waals surface area contributed by atoms with Crippen molar-refractivity contribution < 1.29 is 17.9 Å². The summed E-state index contributed by atoms with van der Waals surface area (Å²) in [7, 11) is 1.67. The van der Waals surface area contributed by atoms with E-state index in [2.05, 4.69) is 9.98 Å². The van der Waals surface area contributed by atoms with Crippen molar-refractivity contribution in [3.05, 3.63) is 58.6 Å². The molecule has 0 aliphatic heterocycles. The second-order valence-electron chi connectivity index (χ2n) is 5.01. The number of benzene rings is 2. The van der Waals surface area contributed by atoms with E-state index in [1.807, 2.05) is 0 Å². The molecule has 0 unspecified atom stereocenters. The molecule has 0 amide bonds. The smallest absolute Gasteiger partial charge is 0.416 e. The minimum atomic E-state index is -4.39. The van der Waals surface area contributed by atoms with Crippen LogP contribution in [0.5, 0.6) is 5.75 Å². The van der Waals surface area contributed by atoms with Gasteiger partial charge in [0.1, 0.15) is 17.4 Å². The molecule has 0 saturated heterocycles. The molecule has 0 aliphatic carbocycles. The number of aliphatic imine (C=N–C) groups is 1. The van der Waals surface area contributed by atoms with Gasteiger partial charge >= 0.3 is 6.18 Å². The van der Waals surface area contributed by atoms with Crippen molar-refractivity contribution in [3.8, 4) is 5.75 Å². The van der Waals surface area contributed by atoms with E-state index < -0.39 is 11.7 Å². The van der Waals surface area contributed by atoms with Crippen LogP contribution >= 0.6 is 11.3 Å². The van der Waals surface area contributed by atoms with E-state index in [1.54, 1.807) is 37.5 Å². The molecular weight excluding hydrogens is 337 g/mol. The van der Waals surface area contributed by atoms with Gasteiger partial charge in [-0.05, 0) is 24.3 Å². The summed E-state index contributed by atoms with van der Waals surface area (Å²) in [5.74, 6) is 0.503. The zero-order valence-electron chi connectivity index (χ0n) is 12.7. The lowest BCUT2D eigenvalue weighted by Gasteiger charge is -2.13. The average molecular weight is 350 g/mol. The Morgan fingerprint density at radius 2 is 2.00 bits per heavy atom. The summed E-state index contributed by atoms with van der Waals surface area (Å²) in [5.41, 5.74) is 0.233. The van der Waals surface area contributed by atoms with E-state index in [-0.39, 0.29) is 12.2 Å². The van der Waals surface area contributed by atoms with Gasteiger partial charge in [0.25, 0.3) is 0 Å². The number of thiazole rings is 1. The van der Waals surface area contributed by atoms with Crippen molar-refractivity contribution in [1.29, 1.82) is 0 Å². The summed E-state index contributed by atoms with van der Waals surface area (Å²) in [6.45, 7) is -0.150. The molecule has 1 aromatic heterocycles. The molecule has 124 valence electrons. The number of halogens is 3. The molecular formula is C17H13F3N2OS. The van der Waals surface area contributed by atoms with Crippen molar-refractivity contribution in [1.82, 2.24) is 4.98 Å². The molecule has 3 rings (SSSR count). The summed E-state index contributed by atoms with van der Waals surface area (Å²) in [6, 6.07) is 10.7. The fraction of sp³-hybridized carbons (Fsp3) is 0.176. The van der Waals surface area contributed by atoms with Crippen LogP contribution in [0, 0.1) is 0 Å². The van der Waals surface area contributed by atoms with Crippen molar-refractivity contribution in [2.45, 2.75) is 12.8 Å². The Morgan fingerprint density at radius 3 is 2.75 bits per heavy atom. The van der Waals surface area contributed by atoms with Crippen LogP contribution in [0.3, 0.4) is 0 Å². The fourth-order valence-corrected chi connectivity index (χ4v) is 3.18. The molecule has 3 nitrogen and oxygen atoms in total. The van der Waals surface area contributed by atoms with E-state index in [9.17, 15) is 13.2 Å². The number of alkyl halides is 3. The first-order valence-corrected chi connectivity index (χ1v) is 7.89. The van der Waals surface area contributed by atoms with Crippen molar-refractivity contribution in [2.24, 2.45) is 4.99 Å². The summed E-state index contributed by atoms with van der Waals surface area (Å²) in [4.78, 5) is 8.29. The first-order chi connectivity index (χ1) is 11.5. The average Bonchev–Trinajstić information content (AvgIpc) is 2.94. The lowest BCUT2D eigenvalue weighted by atomic mass is 10.1. The molecule has 1 heterocycles. The fourth-order valence-electron chi connectivity index (χ4n) is 2.26. The van der Waals surface area contributed by atoms with Gasteiger partial charge in [-0.3, -0.25) is 4.99 Å². The highest BCUT2D eigenvalue weighted by Crippen LogP contribution is 2.32. The maximum absolute atomic E-state index is 13.0. The Labute approximate surface area is 140 Å². The van der Waals surface area contributed by atoms with Gasteiger partial charge in [-0.1, -0.05) is 18.2 Å². The third-order valence-electron chi connectivity index (χ3n) is 3.33. The number of rotatable bonds is 4. The zero-order valence-corrected chi connectivity index (χ0v) is 13.5. The first kappa shape index (κ1) is 16.4. The quantitative estimate of drug-likeness (QED) is 0.625. The Morgan fingerprint density at radius 1 is 1.21 bits per heavy atom. The van der Waals surface area contributed by atoms with Crippen LogP contribution in [0.4, 0.5) is 13.2 Å². The predicted molar refractivity (Wildman–Crippen MR) is 88.9 cm³/mol. The molecule has 0 atom stereocenters. The lowest BCUT2D eigenvalue weighted by molar-refractivity contribution is -0.138. The largest absolute Gasteiger partial charge is 0.489 e. The summed E-state index contributed by atoms with van der Waals surface area (Å²) in [5, 5.41) is 0.770. The number of hydrogen-bond acceptors (Lipinski definition) is 4. The number of nitrogens with zero attached hydrogens (tertiary/aromatic N) is 2. The number of ether oxygens (including phenoxy) is 1. The Hall–Kier alpha value is -2.41. The highest BCUT2D eigenvalue weighted by Gasteiger charge is 2.32. The topological polar surface area (TPSA) is 34.5 Å². The molecule has 0 fully saturated rings. The first-order valence-electron chi connectivity index (χ1n) is 7.08. The summed E-state index contributed by atoms with van der Waals surface area (Å²) < 4.78 is 45.4. The van der Waals surface area contributed by atoms with E-state index >= 15 is 0 Å². The van der Waals surface area contributed by atoms with Crippen LogP contribution in [0.25, 0.3) is 10.2 Å². The third kappa shape index (κ3) is 3.56. The van der Waals surface area contributed by atoms with Crippen LogP contribution < -0.4 is 4.74 Å². The maximum Gasteiger partial charge on any atom is 0.416 e. The van der Waals surface area contributed by atoms with Gasteiger partial charge in [0.05, 0.1) is 22.0 Å². The molecule has 2 aromatic carbocycles. The van der Waals surface area contributed by atoms with Gasteiger partial charge in [-0.2, -0.15) is 13.2 Å². The second-order valence-corrected chi connectivity index (χ2v) is 6.07. The lowest BCUT2D eigenvalue weighted by Crippen LogP contribution is -2.10. The molecule has 0 radical (unpaired) electrons. The van der Waals surface area contributed by atoms with Crippen molar-refractivity contribution in [2.75, 3.05) is 7.05 Å². The number of fused-ring (bicyclic) bond motifs is 1. The van der Waals surface area contributed by atoms with Gasteiger partial charge in [-0.25, -0.2) is 4.98 Å². The van der Waals surface area contributed by atoms with Gasteiger partial charge in [0, 0.05) is 12.6 Å². The van der Waals surface area contributed by atoms with Crippen LogP contribution in [0.1, 0.15) is 16.1 Å². The van der Waals surface area contributed by atoms with Crippen LogP contribution in [0.15, 0.2) is 47.5 Å². The Bertz CT molecular complexity index is 887. The van der Waals surface area contributed by atoms with Crippen LogP contribution in [-0.4, -0.2) is 18.2 Å². The molecule has 0 saturated carbocycles. The monoisotopic (exact) mass is 350 g/mol. The van der Waals surface area contributed by atoms with E-state index in [1.165, 1.54) is 23.5 Å². The molecule has 0 aliphatic rings. The minimum absolute atomic E-state index is 0.105. The van der Waals surface area contributed by atoms with Crippen molar-refractivity contribution >= 4 is 27.8 Å². The summed E-state index contributed by atoms with van der Waals surface area (Å²) >= 11 is 1.44. The van der Waals surface area contributed by atoms with Gasteiger partial charge < -0.3 is 4.74 Å². The molecule has 24 heavy (non-hydrogen) atoms. The SMILES string of the molecule is CN=Cc1nc2ccc(OCc3ccccc3C(F)(F)F)cc2s1. The zero-order chi connectivity index (χ0) is 17.2. The molecule has 0 spiro atoms. The van der Waals surface area contributed by atoms with Gasteiger partial charge in [-0.15, -0.1) is 11.3 Å². The van der Waals surface area contributed by atoms with E-state index in [4.69, 9.17) is 4.74 Å². The Balaban J connectivity index is 1.81.